The molecule has 2 aliphatic heterocycles. The molecular weight excluding hydrogens is 509 g/mol. The molecule has 2 aromatic heterocycles. The van der Waals surface area contributed by atoms with E-state index in [0.717, 1.165) is 101 Å². The van der Waals surface area contributed by atoms with Crippen LogP contribution in [-0.4, -0.2) is 54.5 Å². The van der Waals surface area contributed by atoms with Gasteiger partial charge in [0, 0.05) is 55.9 Å². The highest BCUT2D eigenvalue weighted by atomic mass is 35.5. The fraction of sp³-hybridized carbons (Fsp3) is 0.571. The molecule has 0 unspecified atom stereocenters. The van der Waals surface area contributed by atoms with E-state index in [1.807, 2.05) is 18.2 Å². The minimum absolute atomic E-state index is 0.170. The molecule has 3 aliphatic rings. The number of hydrogen-bond acceptors (Lipinski definition) is 7. The summed E-state index contributed by atoms with van der Waals surface area (Å²) in [6.45, 7) is 7.58. The summed E-state index contributed by atoms with van der Waals surface area (Å²) in [4.78, 5) is 9.34. The smallest absolute Gasteiger partial charge is 0.126 e. The number of anilines is 2. The summed E-state index contributed by atoms with van der Waals surface area (Å²) in [7, 11) is 0. The van der Waals surface area contributed by atoms with Gasteiger partial charge in [0.15, 0.2) is 0 Å². The molecule has 1 atom stereocenters. The van der Waals surface area contributed by atoms with Gasteiger partial charge in [0.1, 0.15) is 11.6 Å². The van der Waals surface area contributed by atoms with Gasteiger partial charge >= 0.3 is 0 Å². The van der Waals surface area contributed by atoms with Crippen LogP contribution in [0.2, 0.25) is 10.0 Å². The minimum Gasteiger partial charge on any atom is -0.384 e. The Morgan fingerprint density at radius 2 is 1.73 bits per heavy atom. The Balaban J connectivity index is 1.19. The third-order valence-corrected chi connectivity index (χ3v) is 8.26. The first-order valence-electron chi connectivity index (χ1n) is 13.5. The van der Waals surface area contributed by atoms with Gasteiger partial charge in [-0.2, -0.15) is 0 Å². The number of nitrogens with one attached hydrogen (secondary N) is 3. The van der Waals surface area contributed by atoms with Gasteiger partial charge in [-0.15, -0.1) is 0 Å². The molecule has 0 bridgehead atoms. The number of pyridine rings is 2. The van der Waals surface area contributed by atoms with Crippen molar-refractivity contribution in [2.24, 2.45) is 5.92 Å². The average Bonchev–Trinajstić information content (AvgIpc) is 3.47. The van der Waals surface area contributed by atoms with Gasteiger partial charge in [0.25, 0.3) is 0 Å². The number of nitrogens with zero attached hydrogens (tertiary/aromatic N) is 2. The zero-order valence-electron chi connectivity index (χ0n) is 21.3. The van der Waals surface area contributed by atoms with E-state index in [1.54, 1.807) is 6.20 Å². The summed E-state index contributed by atoms with van der Waals surface area (Å²) < 4.78 is 11.2. The topological polar surface area (TPSA) is 80.3 Å². The number of halogens is 2. The first kappa shape index (κ1) is 26.5. The highest BCUT2D eigenvalue weighted by Crippen LogP contribution is 2.34. The van der Waals surface area contributed by atoms with Crippen LogP contribution in [0.15, 0.2) is 36.7 Å². The molecule has 37 heavy (non-hydrogen) atoms. The molecule has 0 aromatic carbocycles. The van der Waals surface area contributed by atoms with E-state index >= 15 is 0 Å². The van der Waals surface area contributed by atoms with Crippen molar-refractivity contribution in [3.63, 3.8) is 0 Å². The van der Waals surface area contributed by atoms with E-state index in [2.05, 4.69) is 27.5 Å². The molecule has 3 N–H and O–H groups in total. The molecular formula is C28H37Cl2N5O2. The largest absolute Gasteiger partial charge is 0.384 e. The Kier molecular flexibility index (Phi) is 9.08. The highest BCUT2D eigenvalue weighted by Gasteiger charge is 2.25. The minimum atomic E-state index is 0.170. The van der Waals surface area contributed by atoms with E-state index in [1.165, 1.54) is 0 Å². The first-order valence-corrected chi connectivity index (χ1v) is 14.3. The van der Waals surface area contributed by atoms with Crippen molar-refractivity contribution in [1.82, 2.24) is 15.3 Å². The van der Waals surface area contributed by atoms with Crippen LogP contribution in [0.3, 0.4) is 0 Å². The molecule has 2 saturated heterocycles. The summed E-state index contributed by atoms with van der Waals surface area (Å²) in [5, 5.41) is 11.8. The van der Waals surface area contributed by atoms with Crippen molar-refractivity contribution in [1.29, 1.82) is 0 Å². The number of aromatic nitrogens is 2. The molecule has 2 aromatic rings. The highest BCUT2D eigenvalue weighted by molar-refractivity contribution is 6.36. The lowest BCUT2D eigenvalue weighted by atomic mass is 9.90. The summed E-state index contributed by atoms with van der Waals surface area (Å²) in [5.41, 5.74) is 2.48. The second-order valence-electron chi connectivity index (χ2n) is 10.4. The zero-order valence-corrected chi connectivity index (χ0v) is 22.8. The van der Waals surface area contributed by atoms with Crippen LogP contribution in [0.5, 0.6) is 0 Å². The number of hydrogen-bond donors (Lipinski definition) is 3. The van der Waals surface area contributed by atoms with Gasteiger partial charge in [0.2, 0.25) is 0 Å². The van der Waals surface area contributed by atoms with Crippen LogP contribution in [0, 0.1) is 5.92 Å². The lowest BCUT2D eigenvalue weighted by Gasteiger charge is -2.32. The van der Waals surface area contributed by atoms with E-state index < -0.39 is 0 Å². The fourth-order valence-electron chi connectivity index (χ4n) is 5.43. The molecule has 7 nitrogen and oxygen atoms in total. The summed E-state index contributed by atoms with van der Waals surface area (Å²) in [5.74, 6) is 2.18. The molecule has 200 valence electrons. The van der Waals surface area contributed by atoms with Crippen molar-refractivity contribution in [2.75, 3.05) is 37.0 Å². The number of rotatable bonds is 9. The maximum Gasteiger partial charge on any atom is 0.126 e. The summed E-state index contributed by atoms with van der Waals surface area (Å²) in [6, 6.07) is 6.55. The van der Waals surface area contributed by atoms with Gasteiger partial charge in [-0.1, -0.05) is 29.8 Å². The Morgan fingerprint density at radius 1 is 0.946 bits per heavy atom. The zero-order chi connectivity index (χ0) is 25.6. The summed E-state index contributed by atoms with van der Waals surface area (Å²) in [6.07, 6.45) is 10.5. The quantitative estimate of drug-likeness (QED) is 0.341. The van der Waals surface area contributed by atoms with E-state index in [4.69, 9.17) is 37.7 Å². The van der Waals surface area contributed by atoms with Gasteiger partial charge in [-0.05, 0) is 75.5 Å². The van der Waals surface area contributed by atoms with Gasteiger partial charge in [-0.3, -0.25) is 0 Å². The van der Waals surface area contributed by atoms with Crippen LogP contribution in [0.4, 0.5) is 11.6 Å². The van der Waals surface area contributed by atoms with Gasteiger partial charge in [0.05, 0.1) is 21.8 Å². The van der Waals surface area contributed by atoms with Gasteiger partial charge < -0.3 is 25.4 Å². The third-order valence-electron chi connectivity index (χ3n) is 7.66. The van der Waals surface area contributed by atoms with Crippen molar-refractivity contribution in [3.05, 3.63) is 46.7 Å². The first-order chi connectivity index (χ1) is 18.0. The Labute approximate surface area is 229 Å². The van der Waals surface area contributed by atoms with Crippen molar-refractivity contribution < 1.29 is 9.47 Å². The predicted octanol–water partition coefficient (Wildman–Crippen LogP) is 6.29. The molecule has 1 aliphatic carbocycles. The monoisotopic (exact) mass is 545 g/mol. The van der Waals surface area contributed by atoms with Crippen LogP contribution < -0.4 is 16.0 Å². The molecule has 0 spiro atoms. The van der Waals surface area contributed by atoms with E-state index in [0.29, 0.717) is 33.7 Å². The fourth-order valence-corrected chi connectivity index (χ4v) is 5.83. The lowest BCUT2D eigenvalue weighted by molar-refractivity contribution is 0.0699. The molecule has 1 saturated carbocycles. The van der Waals surface area contributed by atoms with Crippen LogP contribution in [0.25, 0.3) is 11.3 Å². The SMILES string of the molecule is C=C(NC1CCC(Nc2cc(-c3nc(NCC4CCOCC4)ccc3Cl)c(Cl)cn2)CC1)[C@H]1CCCO1. The van der Waals surface area contributed by atoms with Crippen molar-refractivity contribution >= 4 is 34.8 Å². The van der Waals surface area contributed by atoms with E-state index in [-0.39, 0.29) is 6.10 Å². The standard InChI is InChI=1S/C28H37Cl2N5O2/c1-18(25-3-2-12-37-25)33-20-4-6-21(7-5-20)34-27-15-22(24(30)17-32-27)28-23(29)8-9-26(35-28)31-16-19-10-13-36-14-11-19/h8-9,15,17,19-21,25,33H,1-7,10-14,16H2,(H,31,35)(H,32,34)/t20?,21?,25-/m1/s1. The average molecular weight is 547 g/mol. The Hall–Kier alpha value is -2.06. The van der Waals surface area contributed by atoms with Gasteiger partial charge in [-0.25, -0.2) is 9.97 Å². The summed E-state index contributed by atoms with van der Waals surface area (Å²) >= 11 is 13.1. The Bertz CT molecular complexity index is 1060. The van der Waals surface area contributed by atoms with Crippen LogP contribution in [0.1, 0.15) is 51.4 Å². The maximum atomic E-state index is 6.57. The Morgan fingerprint density at radius 3 is 2.49 bits per heavy atom. The number of ether oxygens (including phenoxy) is 2. The lowest BCUT2D eigenvalue weighted by Crippen LogP contribution is -2.38. The molecule has 0 amide bonds. The third kappa shape index (κ3) is 7.08. The van der Waals surface area contributed by atoms with Crippen LogP contribution in [-0.2, 0) is 9.47 Å². The second kappa shape index (κ2) is 12.7. The van der Waals surface area contributed by atoms with Crippen molar-refractivity contribution in [2.45, 2.75) is 69.6 Å². The second-order valence-corrected chi connectivity index (χ2v) is 11.2. The van der Waals surface area contributed by atoms with Crippen molar-refractivity contribution in [3.8, 4) is 11.3 Å². The normalized spacial score (nSPS) is 24.5. The molecule has 5 rings (SSSR count). The molecule has 3 fully saturated rings. The molecule has 0 radical (unpaired) electrons. The molecule has 9 heteroatoms. The van der Waals surface area contributed by atoms with E-state index in [9.17, 15) is 0 Å². The maximum absolute atomic E-state index is 6.57. The van der Waals surface area contributed by atoms with Crippen LogP contribution >= 0.6 is 23.2 Å². The predicted molar refractivity (Wildman–Crippen MR) is 150 cm³/mol. The molecule has 4 heterocycles.